The molecule has 2 fully saturated rings. The van der Waals surface area contributed by atoms with Crippen molar-refractivity contribution in [3.8, 4) is 5.75 Å². The molecule has 3 heterocycles. The van der Waals surface area contributed by atoms with E-state index in [9.17, 15) is 14.4 Å². The van der Waals surface area contributed by atoms with Gasteiger partial charge in [-0.3, -0.25) is 19.4 Å². The number of carbonyl (C=O) groups excluding carboxylic acids is 3. The Morgan fingerprint density at radius 2 is 1.64 bits per heavy atom. The number of hydrazone groups is 1. The summed E-state index contributed by atoms with van der Waals surface area (Å²) >= 11 is 0. The van der Waals surface area contributed by atoms with Crippen molar-refractivity contribution in [2.75, 3.05) is 12.0 Å². The van der Waals surface area contributed by atoms with Gasteiger partial charge >= 0.3 is 0 Å². The van der Waals surface area contributed by atoms with E-state index in [1.807, 2.05) is 56.3 Å². The van der Waals surface area contributed by atoms with Gasteiger partial charge < -0.3 is 4.74 Å². The number of ketones is 1. The number of Topliss-reactive ketones (excluding diaryl/α,β-unsaturated/α-hetero) is 1. The Hall–Kier alpha value is -4.26. The minimum absolute atomic E-state index is 0.240. The molecule has 7 heteroatoms. The van der Waals surface area contributed by atoms with Crippen molar-refractivity contribution in [3.05, 3.63) is 94.5 Å². The van der Waals surface area contributed by atoms with Gasteiger partial charge in [-0.2, -0.15) is 5.10 Å². The zero-order chi connectivity index (χ0) is 25.1. The third kappa shape index (κ3) is 3.12. The fourth-order valence-electron chi connectivity index (χ4n) is 5.89. The van der Waals surface area contributed by atoms with E-state index in [1.54, 1.807) is 42.6 Å². The summed E-state index contributed by atoms with van der Waals surface area (Å²) in [5.41, 5.74) is 4.69. The first-order valence-corrected chi connectivity index (χ1v) is 12.0. The molecule has 3 aromatic rings. The third-order valence-electron chi connectivity index (χ3n) is 7.53. The monoisotopic (exact) mass is 479 g/mol. The van der Waals surface area contributed by atoms with Crippen LogP contribution >= 0.6 is 0 Å². The molecule has 0 saturated carbocycles. The lowest BCUT2D eigenvalue weighted by Crippen LogP contribution is -2.44. The second kappa shape index (κ2) is 8.16. The molecule has 0 bridgehead atoms. The SMILES string of the molecule is COc1ccc(C(=O)C2C3C(=O)N(c4ccc(C)cc4C)C(=O)C3C3c4ccccc4C=NN23)cc1. The molecule has 0 N–H and O–H groups in total. The van der Waals surface area contributed by atoms with Crippen molar-refractivity contribution >= 4 is 29.5 Å². The summed E-state index contributed by atoms with van der Waals surface area (Å²) in [6.45, 7) is 3.86. The number of rotatable bonds is 4. The molecule has 4 unspecified atom stereocenters. The molecular weight excluding hydrogens is 454 g/mol. The summed E-state index contributed by atoms with van der Waals surface area (Å²) in [5, 5.41) is 6.29. The second-order valence-electron chi connectivity index (χ2n) is 9.59. The Balaban J connectivity index is 1.49. The summed E-state index contributed by atoms with van der Waals surface area (Å²) in [7, 11) is 1.56. The number of anilines is 1. The Bertz CT molecular complexity index is 1450. The maximum atomic E-state index is 14.0. The van der Waals surface area contributed by atoms with Crippen LogP contribution in [0.2, 0.25) is 0 Å². The number of hydrogen-bond acceptors (Lipinski definition) is 6. The summed E-state index contributed by atoms with van der Waals surface area (Å²) in [6.07, 6.45) is 1.71. The maximum Gasteiger partial charge on any atom is 0.240 e. The van der Waals surface area contributed by atoms with Gasteiger partial charge in [0.05, 0.1) is 36.9 Å². The highest BCUT2D eigenvalue weighted by molar-refractivity contribution is 6.25. The number of benzene rings is 3. The number of carbonyl (C=O) groups is 3. The van der Waals surface area contributed by atoms with Crippen LogP contribution in [0.1, 0.15) is 38.7 Å². The number of nitrogens with zero attached hydrogens (tertiary/aromatic N) is 3. The lowest BCUT2D eigenvalue weighted by atomic mass is 9.83. The molecule has 0 radical (unpaired) electrons. The highest BCUT2D eigenvalue weighted by Gasteiger charge is 2.65. The van der Waals surface area contributed by atoms with Gasteiger partial charge in [0, 0.05) is 5.56 Å². The van der Waals surface area contributed by atoms with Gasteiger partial charge in [-0.15, -0.1) is 0 Å². The van der Waals surface area contributed by atoms with Gasteiger partial charge in [0.1, 0.15) is 11.8 Å². The van der Waals surface area contributed by atoms with Crippen molar-refractivity contribution in [2.24, 2.45) is 16.9 Å². The molecule has 36 heavy (non-hydrogen) atoms. The zero-order valence-electron chi connectivity index (χ0n) is 20.2. The predicted molar refractivity (Wildman–Crippen MR) is 135 cm³/mol. The smallest absolute Gasteiger partial charge is 0.240 e. The number of fused-ring (bicyclic) bond motifs is 5. The molecule has 2 amide bonds. The van der Waals surface area contributed by atoms with Crippen LogP contribution in [0.4, 0.5) is 5.69 Å². The normalized spacial score (nSPS) is 24.0. The van der Waals surface area contributed by atoms with E-state index in [2.05, 4.69) is 5.10 Å². The second-order valence-corrected chi connectivity index (χ2v) is 9.59. The summed E-state index contributed by atoms with van der Waals surface area (Å²) in [5.74, 6) is -1.82. The van der Waals surface area contributed by atoms with Gasteiger partial charge in [-0.1, -0.05) is 42.0 Å². The fraction of sp³-hybridized carbons (Fsp3) is 0.241. The molecule has 6 rings (SSSR count). The number of hydrogen-bond donors (Lipinski definition) is 0. The molecule has 0 aliphatic carbocycles. The minimum Gasteiger partial charge on any atom is -0.497 e. The number of aryl methyl sites for hydroxylation is 2. The lowest BCUT2D eigenvalue weighted by Gasteiger charge is -2.34. The van der Waals surface area contributed by atoms with Crippen LogP contribution in [0.3, 0.4) is 0 Å². The number of imide groups is 1. The highest BCUT2D eigenvalue weighted by atomic mass is 16.5. The van der Waals surface area contributed by atoms with E-state index in [4.69, 9.17) is 4.74 Å². The molecular formula is C29H25N3O4. The quantitative estimate of drug-likeness (QED) is 0.416. The molecule has 180 valence electrons. The first-order chi connectivity index (χ1) is 17.4. The summed E-state index contributed by atoms with van der Waals surface area (Å²) < 4.78 is 5.23. The average Bonchev–Trinajstić information content (AvgIpc) is 3.36. The van der Waals surface area contributed by atoms with Crippen LogP contribution in [-0.2, 0) is 9.59 Å². The number of amides is 2. The Morgan fingerprint density at radius 1 is 0.917 bits per heavy atom. The van der Waals surface area contributed by atoms with Gasteiger partial charge in [0.15, 0.2) is 5.78 Å². The molecule has 2 saturated heterocycles. The first kappa shape index (κ1) is 22.2. The van der Waals surface area contributed by atoms with Gasteiger partial charge in [-0.25, -0.2) is 4.90 Å². The molecule has 3 aliphatic rings. The highest BCUT2D eigenvalue weighted by Crippen LogP contribution is 2.53. The van der Waals surface area contributed by atoms with E-state index in [1.165, 1.54) is 4.90 Å². The van der Waals surface area contributed by atoms with Crippen molar-refractivity contribution in [1.29, 1.82) is 0 Å². The minimum atomic E-state index is -0.898. The van der Waals surface area contributed by atoms with Crippen LogP contribution < -0.4 is 9.64 Å². The fourth-order valence-corrected chi connectivity index (χ4v) is 5.89. The Kier molecular flexibility index (Phi) is 5.03. The molecule has 0 aromatic heterocycles. The van der Waals surface area contributed by atoms with E-state index in [0.717, 1.165) is 22.3 Å². The van der Waals surface area contributed by atoms with Gasteiger partial charge in [0.2, 0.25) is 11.8 Å². The Labute approximate surface area is 209 Å². The van der Waals surface area contributed by atoms with E-state index in [0.29, 0.717) is 17.0 Å². The zero-order valence-corrected chi connectivity index (χ0v) is 20.2. The van der Waals surface area contributed by atoms with Crippen molar-refractivity contribution in [2.45, 2.75) is 25.9 Å². The molecule has 4 atom stereocenters. The van der Waals surface area contributed by atoms with Crippen LogP contribution in [0.5, 0.6) is 5.75 Å². The topological polar surface area (TPSA) is 79.3 Å². The largest absolute Gasteiger partial charge is 0.497 e. The van der Waals surface area contributed by atoms with Crippen LogP contribution in [0.15, 0.2) is 71.8 Å². The van der Waals surface area contributed by atoms with Crippen molar-refractivity contribution in [1.82, 2.24) is 5.01 Å². The van der Waals surface area contributed by atoms with Gasteiger partial charge in [-0.05, 0) is 60.9 Å². The molecule has 7 nitrogen and oxygen atoms in total. The van der Waals surface area contributed by atoms with Crippen LogP contribution in [0.25, 0.3) is 0 Å². The number of methoxy groups -OCH3 is 1. The predicted octanol–water partition coefficient (Wildman–Crippen LogP) is 4.07. The molecule has 3 aliphatic heterocycles. The third-order valence-corrected chi connectivity index (χ3v) is 7.53. The lowest BCUT2D eigenvalue weighted by molar-refractivity contribution is -0.124. The van der Waals surface area contributed by atoms with E-state index in [-0.39, 0.29) is 17.6 Å². The van der Waals surface area contributed by atoms with E-state index >= 15 is 0 Å². The number of ether oxygens (including phenoxy) is 1. The average molecular weight is 480 g/mol. The van der Waals surface area contributed by atoms with Crippen LogP contribution in [-0.4, -0.2) is 42.0 Å². The van der Waals surface area contributed by atoms with Crippen molar-refractivity contribution in [3.63, 3.8) is 0 Å². The maximum absolute atomic E-state index is 14.0. The van der Waals surface area contributed by atoms with Crippen LogP contribution in [0, 0.1) is 25.7 Å². The molecule has 3 aromatic carbocycles. The first-order valence-electron chi connectivity index (χ1n) is 12.0. The standard InChI is InChI=1S/C29H25N3O4/c1-16-8-13-22(17(2)14-16)31-28(34)23-24(29(31)35)26(27(33)18-9-11-20(36-3)12-10-18)32-25(23)21-7-5-4-6-19(21)15-30-32/h4-15,23-26H,1-3H3. The Morgan fingerprint density at radius 3 is 2.36 bits per heavy atom. The van der Waals surface area contributed by atoms with E-state index < -0.39 is 23.9 Å². The molecule has 0 spiro atoms. The van der Waals surface area contributed by atoms with Gasteiger partial charge in [0.25, 0.3) is 0 Å². The summed E-state index contributed by atoms with van der Waals surface area (Å²) in [4.78, 5) is 43.2. The summed E-state index contributed by atoms with van der Waals surface area (Å²) in [6, 6.07) is 18.8. The van der Waals surface area contributed by atoms with Crippen molar-refractivity contribution < 1.29 is 19.1 Å².